The molecule has 0 radical (unpaired) electrons. The molecule has 2 N–H and O–H groups in total. The zero-order valence-corrected chi connectivity index (χ0v) is 12.3. The van der Waals surface area contributed by atoms with Crippen LogP contribution >= 0.6 is 12.4 Å². The van der Waals surface area contributed by atoms with E-state index in [-0.39, 0.29) is 18.3 Å². The molecule has 0 saturated carbocycles. The van der Waals surface area contributed by atoms with Gasteiger partial charge >= 0.3 is 0 Å². The maximum atomic E-state index is 11.9. The molecule has 0 bridgehead atoms. The van der Waals surface area contributed by atoms with Crippen LogP contribution in [-0.4, -0.2) is 40.8 Å². The second-order valence-electron chi connectivity index (χ2n) is 4.20. The van der Waals surface area contributed by atoms with Crippen LogP contribution in [0.3, 0.4) is 0 Å². The van der Waals surface area contributed by atoms with Gasteiger partial charge in [0, 0.05) is 18.7 Å². The Morgan fingerprint density at radius 1 is 1.35 bits per heavy atom. The van der Waals surface area contributed by atoms with Gasteiger partial charge in [0.15, 0.2) is 0 Å². The Labute approximate surface area is 124 Å². The molecule has 0 aliphatic carbocycles. The van der Waals surface area contributed by atoms with Crippen LogP contribution in [0, 0.1) is 6.92 Å². The molecule has 1 amide bonds. The average molecular weight is 296 g/mol. The highest BCUT2D eigenvalue weighted by Crippen LogP contribution is 2.14. The molecule has 0 fully saturated rings. The van der Waals surface area contributed by atoms with E-state index in [1.807, 2.05) is 26.1 Å². The van der Waals surface area contributed by atoms with Gasteiger partial charge in [0.25, 0.3) is 5.91 Å². The van der Waals surface area contributed by atoms with E-state index in [0.717, 1.165) is 17.8 Å². The molecule has 108 valence electrons. The van der Waals surface area contributed by atoms with Crippen LogP contribution in [0.1, 0.15) is 15.9 Å². The number of halogens is 1. The van der Waals surface area contributed by atoms with Crippen molar-refractivity contribution in [2.45, 2.75) is 6.92 Å². The van der Waals surface area contributed by atoms with E-state index in [0.29, 0.717) is 12.1 Å². The molecule has 2 rings (SSSR count). The van der Waals surface area contributed by atoms with Crippen molar-refractivity contribution in [2.24, 2.45) is 0 Å². The van der Waals surface area contributed by atoms with E-state index < -0.39 is 0 Å². The molecule has 1 heterocycles. The lowest BCUT2D eigenvalue weighted by atomic mass is 10.1. The summed E-state index contributed by atoms with van der Waals surface area (Å²) >= 11 is 0. The van der Waals surface area contributed by atoms with Gasteiger partial charge in [-0.3, -0.25) is 4.79 Å². The maximum absolute atomic E-state index is 11.9. The molecule has 0 atom stereocenters. The SMILES string of the molecule is CNCCNC(=O)c1ccc(-n2cncn2)c(C)c1.Cl. The fourth-order valence-corrected chi connectivity index (χ4v) is 1.79. The number of amides is 1. The predicted octanol–water partition coefficient (Wildman–Crippen LogP) is 0.947. The number of nitrogens with one attached hydrogen (secondary N) is 2. The number of likely N-dealkylation sites (N-methyl/N-ethyl adjacent to an activating group) is 1. The normalized spacial score (nSPS) is 9.90. The Morgan fingerprint density at radius 2 is 2.15 bits per heavy atom. The van der Waals surface area contributed by atoms with E-state index in [1.54, 1.807) is 17.1 Å². The van der Waals surface area contributed by atoms with Crippen LogP contribution in [-0.2, 0) is 0 Å². The standard InChI is InChI=1S/C13H17N5O.ClH/c1-10-7-11(13(19)16-6-5-14-2)3-4-12(10)18-9-15-8-17-18;/h3-4,7-9,14H,5-6H2,1-2H3,(H,16,19);1H. The van der Waals surface area contributed by atoms with Gasteiger partial charge in [-0.15, -0.1) is 12.4 Å². The zero-order valence-electron chi connectivity index (χ0n) is 11.5. The van der Waals surface area contributed by atoms with Crippen LogP contribution in [0.5, 0.6) is 0 Å². The van der Waals surface area contributed by atoms with E-state index >= 15 is 0 Å². The first-order valence-corrected chi connectivity index (χ1v) is 6.11. The van der Waals surface area contributed by atoms with Gasteiger partial charge < -0.3 is 10.6 Å². The number of aromatic nitrogens is 3. The summed E-state index contributed by atoms with van der Waals surface area (Å²) in [6, 6.07) is 5.52. The number of carbonyl (C=O) groups excluding carboxylic acids is 1. The summed E-state index contributed by atoms with van der Waals surface area (Å²) in [5, 5.41) is 9.90. The molecule has 0 spiro atoms. The third-order valence-electron chi connectivity index (χ3n) is 2.79. The van der Waals surface area contributed by atoms with Gasteiger partial charge in [0.05, 0.1) is 5.69 Å². The van der Waals surface area contributed by atoms with E-state index in [1.165, 1.54) is 6.33 Å². The minimum atomic E-state index is -0.0662. The molecule has 0 aliphatic rings. The van der Waals surface area contributed by atoms with Crippen molar-refractivity contribution in [1.29, 1.82) is 0 Å². The van der Waals surface area contributed by atoms with Crippen molar-refractivity contribution < 1.29 is 4.79 Å². The molecule has 1 aromatic carbocycles. The van der Waals surface area contributed by atoms with Crippen LogP contribution < -0.4 is 10.6 Å². The zero-order chi connectivity index (χ0) is 13.7. The van der Waals surface area contributed by atoms with Gasteiger partial charge in [0.1, 0.15) is 12.7 Å². The highest BCUT2D eigenvalue weighted by molar-refractivity contribution is 5.94. The molecule has 2 aromatic rings. The summed E-state index contributed by atoms with van der Waals surface area (Å²) < 4.78 is 1.68. The monoisotopic (exact) mass is 295 g/mol. The quantitative estimate of drug-likeness (QED) is 0.806. The third-order valence-corrected chi connectivity index (χ3v) is 2.79. The van der Waals surface area contributed by atoms with Gasteiger partial charge in [-0.05, 0) is 37.7 Å². The van der Waals surface area contributed by atoms with Crippen molar-refractivity contribution in [2.75, 3.05) is 20.1 Å². The lowest BCUT2D eigenvalue weighted by Gasteiger charge is -2.09. The third kappa shape index (κ3) is 3.79. The Balaban J connectivity index is 0.00000200. The smallest absolute Gasteiger partial charge is 0.251 e. The van der Waals surface area contributed by atoms with Crippen molar-refractivity contribution in [3.8, 4) is 5.69 Å². The minimum absolute atomic E-state index is 0. The fraction of sp³-hybridized carbons (Fsp3) is 0.308. The van der Waals surface area contributed by atoms with Crippen molar-refractivity contribution in [3.63, 3.8) is 0 Å². The van der Waals surface area contributed by atoms with Gasteiger partial charge in [-0.1, -0.05) is 0 Å². The minimum Gasteiger partial charge on any atom is -0.351 e. The summed E-state index contributed by atoms with van der Waals surface area (Å²) in [5.74, 6) is -0.0662. The number of rotatable bonds is 5. The van der Waals surface area contributed by atoms with Gasteiger partial charge in [-0.25, -0.2) is 9.67 Å². The molecule has 7 heteroatoms. The van der Waals surface area contributed by atoms with Crippen LogP contribution in [0.4, 0.5) is 0 Å². The first-order chi connectivity index (χ1) is 9.22. The van der Waals surface area contributed by atoms with Crippen LogP contribution in [0.2, 0.25) is 0 Å². The molecular weight excluding hydrogens is 278 g/mol. The molecule has 6 nitrogen and oxygen atoms in total. The predicted molar refractivity (Wildman–Crippen MR) is 79.6 cm³/mol. The summed E-state index contributed by atoms with van der Waals surface area (Å²) in [5.41, 5.74) is 2.55. The van der Waals surface area contributed by atoms with Gasteiger partial charge in [-0.2, -0.15) is 5.10 Å². The number of hydrogen-bond donors (Lipinski definition) is 2. The van der Waals surface area contributed by atoms with Crippen molar-refractivity contribution in [3.05, 3.63) is 42.0 Å². The summed E-state index contributed by atoms with van der Waals surface area (Å²) in [4.78, 5) is 15.8. The topological polar surface area (TPSA) is 71.8 Å². The lowest BCUT2D eigenvalue weighted by molar-refractivity contribution is 0.0954. The highest BCUT2D eigenvalue weighted by Gasteiger charge is 2.08. The second kappa shape index (κ2) is 7.62. The Bertz CT molecular complexity index is 556. The van der Waals surface area contributed by atoms with Crippen LogP contribution in [0.25, 0.3) is 5.69 Å². The number of carbonyl (C=O) groups is 1. The number of benzene rings is 1. The summed E-state index contributed by atoms with van der Waals surface area (Å²) in [6.07, 6.45) is 3.12. The van der Waals surface area contributed by atoms with Crippen molar-refractivity contribution >= 4 is 18.3 Å². The Hall–Kier alpha value is -1.92. The highest BCUT2D eigenvalue weighted by atomic mass is 35.5. The average Bonchev–Trinajstić information content (AvgIpc) is 2.92. The molecular formula is C13H18ClN5O. The second-order valence-corrected chi connectivity index (χ2v) is 4.20. The Morgan fingerprint density at radius 3 is 2.75 bits per heavy atom. The fourth-order valence-electron chi connectivity index (χ4n) is 1.79. The maximum Gasteiger partial charge on any atom is 0.251 e. The molecule has 0 saturated heterocycles. The molecule has 20 heavy (non-hydrogen) atoms. The largest absolute Gasteiger partial charge is 0.351 e. The number of aryl methyl sites for hydroxylation is 1. The lowest BCUT2D eigenvalue weighted by Crippen LogP contribution is -2.30. The van der Waals surface area contributed by atoms with E-state index in [2.05, 4.69) is 20.7 Å². The molecule has 1 aromatic heterocycles. The molecule has 0 unspecified atom stereocenters. The first kappa shape index (κ1) is 16.1. The summed E-state index contributed by atoms with van der Waals surface area (Å²) in [7, 11) is 1.85. The van der Waals surface area contributed by atoms with Crippen molar-refractivity contribution in [1.82, 2.24) is 25.4 Å². The van der Waals surface area contributed by atoms with Gasteiger partial charge in [0.2, 0.25) is 0 Å². The number of hydrogen-bond acceptors (Lipinski definition) is 4. The number of nitrogens with zero attached hydrogens (tertiary/aromatic N) is 3. The van der Waals surface area contributed by atoms with Crippen LogP contribution in [0.15, 0.2) is 30.9 Å². The summed E-state index contributed by atoms with van der Waals surface area (Å²) in [6.45, 7) is 3.31. The molecule has 0 aliphatic heterocycles. The van der Waals surface area contributed by atoms with E-state index in [9.17, 15) is 4.79 Å². The Kier molecular flexibility index (Phi) is 6.14. The first-order valence-electron chi connectivity index (χ1n) is 6.11. The van der Waals surface area contributed by atoms with E-state index in [4.69, 9.17) is 0 Å².